The molecule has 1 atom stereocenters. The van der Waals surface area contributed by atoms with Crippen molar-refractivity contribution in [3.63, 3.8) is 0 Å². The van der Waals surface area contributed by atoms with Crippen LogP contribution in [0.1, 0.15) is 15.2 Å². The lowest BCUT2D eigenvalue weighted by molar-refractivity contribution is 0.0846. The standard InChI is InChI=1S/C22H22ClNO6S2/c1-14-20(32(27,28)19-9-3-15(23)4-10-19)13-31-21(14)22(26)24-11-16(25)12-30-18-7-5-17(29-2)6-8-18/h3-10,13,16,25H,11-12H2,1-2H3,(H,24,26)/t16-/m1/s1. The number of methoxy groups -OCH3 is 1. The number of rotatable bonds is 9. The monoisotopic (exact) mass is 495 g/mol. The number of sulfone groups is 1. The molecule has 1 heterocycles. The molecule has 0 aliphatic carbocycles. The molecule has 7 nitrogen and oxygen atoms in total. The van der Waals surface area contributed by atoms with Gasteiger partial charge in [-0.15, -0.1) is 11.3 Å². The second kappa shape index (κ2) is 10.4. The van der Waals surface area contributed by atoms with E-state index in [1.165, 1.54) is 29.6 Å². The third-order valence-electron chi connectivity index (χ3n) is 4.61. The number of carbonyl (C=O) groups is 1. The highest BCUT2D eigenvalue weighted by Crippen LogP contribution is 2.31. The van der Waals surface area contributed by atoms with E-state index in [1.54, 1.807) is 38.3 Å². The van der Waals surface area contributed by atoms with E-state index in [-0.39, 0.29) is 27.8 Å². The summed E-state index contributed by atoms with van der Waals surface area (Å²) in [5.41, 5.74) is 0.353. The molecule has 2 aromatic carbocycles. The maximum Gasteiger partial charge on any atom is 0.261 e. The van der Waals surface area contributed by atoms with E-state index in [0.717, 1.165) is 11.3 Å². The number of ether oxygens (including phenoxy) is 2. The number of hydrogen-bond acceptors (Lipinski definition) is 7. The van der Waals surface area contributed by atoms with Crippen molar-refractivity contribution in [2.75, 3.05) is 20.3 Å². The number of aliphatic hydroxyl groups is 1. The van der Waals surface area contributed by atoms with Crippen LogP contribution in [-0.2, 0) is 9.84 Å². The number of carbonyl (C=O) groups excluding carboxylic acids is 1. The van der Waals surface area contributed by atoms with Crippen LogP contribution in [0.4, 0.5) is 0 Å². The lowest BCUT2D eigenvalue weighted by atomic mass is 10.2. The SMILES string of the molecule is COc1ccc(OC[C@H](O)CNC(=O)c2scc(S(=O)(=O)c3ccc(Cl)cc3)c2C)cc1. The first kappa shape index (κ1) is 24.1. The minimum atomic E-state index is -3.78. The first-order valence-corrected chi connectivity index (χ1v) is 12.3. The summed E-state index contributed by atoms with van der Waals surface area (Å²) in [5.74, 6) is 0.782. The van der Waals surface area contributed by atoms with Crippen molar-refractivity contribution in [3.8, 4) is 11.5 Å². The van der Waals surface area contributed by atoms with Gasteiger partial charge in [-0.05, 0) is 61.0 Å². The Hall–Kier alpha value is -2.59. The van der Waals surface area contributed by atoms with Gasteiger partial charge < -0.3 is 19.9 Å². The minimum Gasteiger partial charge on any atom is -0.497 e. The highest BCUT2D eigenvalue weighted by molar-refractivity contribution is 7.91. The Morgan fingerprint density at radius 3 is 2.38 bits per heavy atom. The van der Waals surface area contributed by atoms with Gasteiger partial charge in [-0.3, -0.25) is 4.79 Å². The fourth-order valence-electron chi connectivity index (χ4n) is 2.84. The van der Waals surface area contributed by atoms with Crippen molar-refractivity contribution in [1.29, 1.82) is 0 Å². The molecule has 3 rings (SSSR count). The third-order valence-corrected chi connectivity index (χ3v) is 7.99. The lowest BCUT2D eigenvalue weighted by Gasteiger charge is -2.13. The van der Waals surface area contributed by atoms with Gasteiger partial charge in [-0.1, -0.05) is 11.6 Å². The Morgan fingerprint density at radius 2 is 1.75 bits per heavy atom. The molecule has 1 aromatic heterocycles. The second-order valence-electron chi connectivity index (χ2n) is 6.86. The largest absolute Gasteiger partial charge is 0.497 e. The molecule has 0 fully saturated rings. The highest BCUT2D eigenvalue weighted by Gasteiger charge is 2.25. The van der Waals surface area contributed by atoms with E-state index in [0.29, 0.717) is 22.1 Å². The Morgan fingerprint density at radius 1 is 1.12 bits per heavy atom. The van der Waals surface area contributed by atoms with E-state index >= 15 is 0 Å². The fourth-order valence-corrected chi connectivity index (χ4v) is 5.81. The topological polar surface area (TPSA) is 102 Å². The van der Waals surface area contributed by atoms with E-state index < -0.39 is 21.8 Å². The number of hydrogen-bond donors (Lipinski definition) is 2. The summed E-state index contributed by atoms with van der Waals surface area (Å²) in [6.07, 6.45) is -0.946. The van der Waals surface area contributed by atoms with Gasteiger partial charge in [0.1, 0.15) is 24.2 Å². The third kappa shape index (κ3) is 5.60. The molecule has 0 aliphatic heterocycles. The van der Waals surface area contributed by atoms with Crippen LogP contribution in [0, 0.1) is 6.92 Å². The van der Waals surface area contributed by atoms with Crippen molar-refractivity contribution in [1.82, 2.24) is 5.32 Å². The number of amides is 1. The van der Waals surface area contributed by atoms with Crippen LogP contribution in [0.25, 0.3) is 0 Å². The predicted octanol–water partition coefficient (Wildman–Crippen LogP) is 3.72. The lowest BCUT2D eigenvalue weighted by Crippen LogP contribution is -2.35. The molecule has 2 N–H and O–H groups in total. The Kier molecular flexibility index (Phi) is 7.78. The molecular weight excluding hydrogens is 474 g/mol. The molecule has 10 heteroatoms. The quantitative estimate of drug-likeness (QED) is 0.469. The molecule has 0 saturated heterocycles. The number of aliphatic hydroxyl groups excluding tert-OH is 1. The van der Waals surface area contributed by atoms with Crippen molar-refractivity contribution in [3.05, 3.63) is 69.4 Å². The van der Waals surface area contributed by atoms with E-state index in [4.69, 9.17) is 21.1 Å². The Balaban J connectivity index is 1.59. The average Bonchev–Trinajstić information content (AvgIpc) is 3.19. The number of halogens is 1. The molecule has 0 aliphatic rings. The predicted molar refractivity (Wildman–Crippen MR) is 123 cm³/mol. The van der Waals surface area contributed by atoms with Gasteiger partial charge in [-0.2, -0.15) is 0 Å². The minimum absolute atomic E-state index is 0.0216. The molecule has 0 saturated carbocycles. The van der Waals surface area contributed by atoms with Crippen molar-refractivity contribution in [2.45, 2.75) is 22.8 Å². The summed E-state index contributed by atoms with van der Waals surface area (Å²) in [5, 5.41) is 14.6. The first-order valence-electron chi connectivity index (χ1n) is 9.54. The van der Waals surface area contributed by atoms with Gasteiger partial charge in [-0.25, -0.2) is 8.42 Å². The summed E-state index contributed by atoms with van der Waals surface area (Å²) < 4.78 is 36.4. The normalized spacial score (nSPS) is 12.2. The van der Waals surface area contributed by atoms with Gasteiger partial charge >= 0.3 is 0 Å². The van der Waals surface area contributed by atoms with Crippen LogP contribution >= 0.6 is 22.9 Å². The van der Waals surface area contributed by atoms with Crippen molar-refractivity contribution < 1.29 is 27.8 Å². The van der Waals surface area contributed by atoms with Crippen molar-refractivity contribution in [2.24, 2.45) is 0 Å². The van der Waals surface area contributed by atoms with Crippen LogP contribution in [-0.4, -0.2) is 45.8 Å². The average molecular weight is 496 g/mol. The van der Waals surface area contributed by atoms with Gasteiger partial charge in [0.25, 0.3) is 5.91 Å². The van der Waals surface area contributed by atoms with Crippen LogP contribution in [0.5, 0.6) is 11.5 Å². The van der Waals surface area contributed by atoms with Gasteiger partial charge in [0.2, 0.25) is 9.84 Å². The van der Waals surface area contributed by atoms with Crippen LogP contribution < -0.4 is 14.8 Å². The zero-order chi connectivity index (χ0) is 23.3. The second-order valence-corrected chi connectivity index (χ2v) is 10.1. The molecule has 3 aromatic rings. The number of benzene rings is 2. The molecule has 0 radical (unpaired) electrons. The molecule has 170 valence electrons. The van der Waals surface area contributed by atoms with E-state index in [9.17, 15) is 18.3 Å². The van der Waals surface area contributed by atoms with Crippen LogP contribution in [0.2, 0.25) is 5.02 Å². The van der Waals surface area contributed by atoms with Crippen LogP contribution in [0.3, 0.4) is 0 Å². The molecule has 1 amide bonds. The Labute approximate surface area is 195 Å². The molecule has 0 spiro atoms. The molecule has 0 unspecified atom stereocenters. The number of nitrogens with one attached hydrogen (secondary N) is 1. The number of thiophene rings is 1. The fraction of sp³-hybridized carbons (Fsp3) is 0.227. The highest BCUT2D eigenvalue weighted by atomic mass is 35.5. The van der Waals surface area contributed by atoms with Crippen molar-refractivity contribution >= 4 is 38.7 Å². The summed E-state index contributed by atoms with van der Waals surface area (Å²) in [6.45, 7) is 1.51. The summed E-state index contributed by atoms with van der Waals surface area (Å²) >= 11 is 6.87. The van der Waals surface area contributed by atoms with Gasteiger partial charge in [0.15, 0.2) is 0 Å². The summed E-state index contributed by atoms with van der Waals surface area (Å²) in [4.78, 5) is 13.0. The van der Waals surface area contributed by atoms with Gasteiger partial charge in [0.05, 0.1) is 21.8 Å². The van der Waals surface area contributed by atoms with Gasteiger partial charge in [0, 0.05) is 16.9 Å². The van der Waals surface area contributed by atoms with E-state index in [2.05, 4.69) is 5.32 Å². The summed E-state index contributed by atoms with van der Waals surface area (Å²) in [6, 6.07) is 12.7. The first-order chi connectivity index (χ1) is 15.2. The zero-order valence-corrected chi connectivity index (χ0v) is 19.8. The summed E-state index contributed by atoms with van der Waals surface area (Å²) in [7, 11) is -2.22. The molecule has 0 bridgehead atoms. The van der Waals surface area contributed by atoms with E-state index in [1.807, 2.05) is 0 Å². The smallest absolute Gasteiger partial charge is 0.261 e. The maximum absolute atomic E-state index is 12.9. The molecular formula is C22H22ClNO6S2. The zero-order valence-electron chi connectivity index (χ0n) is 17.4. The Bertz CT molecular complexity index is 1170. The van der Waals surface area contributed by atoms with Crippen LogP contribution in [0.15, 0.2) is 63.7 Å². The molecule has 32 heavy (non-hydrogen) atoms. The maximum atomic E-state index is 12.9.